The van der Waals surface area contributed by atoms with Crippen LogP contribution in [0.25, 0.3) is 0 Å². The summed E-state index contributed by atoms with van der Waals surface area (Å²) in [5.74, 6) is -1.73. The number of nitrogens with two attached hydrogens (primary N) is 1. The van der Waals surface area contributed by atoms with Gasteiger partial charge in [0.1, 0.15) is 0 Å². The highest BCUT2D eigenvalue weighted by Crippen LogP contribution is 2.27. The van der Waals surface area contributed by atoms with Crippen LogP contribution in [-0.4, -0.2) is 0 Å². The second-order valence-corrected chi connectivity index (χ2v) is 4.48. The van der Waals surface area contributed by atoms with Crippen molar-refractivity contribution in [3.8, 4) is 0 Å². The first-order valence-electron chi connectivity index (χ1n) is 6.09. The first kappa shape index (κ1) is 13.2. The number of hydrogen-bond acceptors (Lipinski definition) is 1. The second-order valence-electron chi connectivity index (χ2n) is 4.48. The van der Waals surface area contributed by atoms with Crippen molar-refractivity contribution < 1.29 is 4.39 Å². The van der Waals surface area contributed by atoms with E-state index in [0.29, 0.717) is 5.56 Å². The molecule has 0 bridgehead atoms. The zero-order valence-corrected chi connectivity index (χ0v) is 10.5. The monoisotopic (exact) mass is 223 g/mol. The molecule has 0 saturated carbocycles. The Morgan fingerprint density at radius 2 is 2.00 bits per heavy atom. The fraction of sp³-hybridized carbons (Fsp3) is 0.571. The standard InChI is InChI=1S/C14H22FN/c1-4-6-9-12-11(5-2)8-7-10-13(12)14(3,15)16/h7-8,10H,4-6,9,16H2,1-3H3. The molecule has 0 spiro atoms. The fourth-order valence-corrected chi connectivity index (χ4v) is 2.07. The van der Waals surface area contributed by atoms with Crippen molar-refractivity contribution in [3.63, 3.8) is 0 Å². The molecule has 0 aliphatic rings. The smallest absolute Gasteiger partial charge is 0.182 e. The van der Waals surface area contributed by atoms with Crippen LogP contribution in [0, 0.1) is 0 Å². The Bertz CT molecular complexity index is 339. The highest BCUT2D eigenvalue weighted by Gasteiger charge is 2.23. The number of rotatable bonds is 5. The maximum absolute atomic E-state index is 13.9. The SMILES string of the molecule is CCCCc1c(CC)cccc1C(C)(N)F. The van der Waals surface area contributed by atoms with E-state index in [4.69, 9.17) is 5.73 Å². The van der Waals surface area contributed by atoms with Gasteiger partial charge in [-0.3, -0.25) is 5.73 Å². The van der Waals surface area contributed by atoms with E-state index >= 15 is 0 Å². The molecule has 0 fully saturated rings. The van der Waals surface area contributed by atoms with Gasteiger partial charge in [0.25, 0.3) is 0 Å². The van der Waals surface area contributed by atoms with Crippen molar-refractivity contribution in [1.29, 1.82) is 0 Å². The van der Waals surface area contributed by atoms with E-state index in [-0.39, 0.29) is 0 Å². The summed E-state index contributed by atoms with van der Waals surface area (Å²) in [4.78, 5) is 0. The average molecular weight is 223 g/mol. The van der Waals surface area contributed by atoms with Gasteiger partial charge in [0.2, 0.25) is 0 Å². The summed E-state index contributed by atoms with van der Waals surface area (Å²) in [7, 11) is 0. The molecule has 1 nitrogen and oxygen atoms in total. The van der Waals surface area contributed by atoms with Gasteiger partial charge in [0.15, 0.2) is 5.79 Å². The van der Waals surface area contributed by atoms with Crippen molar-refractivity contribution >= 4 is 0 Å². The minimum atomic E-state index is -1.73. The third kappa shape index (κ3) is 3.05. The summed E-state index contributed by atoms with van der Waals surface area (Å²) in [5, 5.41) is 0. The number of hydrogen-bond donors (Lipinski definition) is 1. The predicted octanol–water partition coefficient (Wildman–Crippen LogP) is 3.69. The summed E-state index contributed by atoms with van der Waals surface area (Å²) in [6.45, 7) is 5.67. The van der Waals surface area contributed by atoms with Crippen molar-refractivity contribution in [1.82, 2.24) is 0 Å². The molecule has 0 saturated heterocycles. The van der Waals surface area contributed by atoms with Gasteiger partial charge in [-0.05, 0) is 37.3 Å². The van der Waals surface area contributed by atoms with Crippen LogP contribution in [0.5, 0.6) is 0 Å². The molecule has 0 aliphatic carbocycles. The van der Waals surface area contributed by atoms with Gasteiger partial charge in [-0.15, -0.1) is 0 Å². The molecule has 0 heterocycles. The largest absolute Gasteiger partial charge is 0.296 e. The molecular formula is C14H22FN. The molecule has 1 aromatic carbocycles. The Kier molecular flexibility index (Phi) is 4.48. The van der Waals surface area contributed by atoms with Gasteiger partial charge in [-0.2, -0.15) is 0 Å². The normalized spacial score (nSPS) is 14.8. The topological polar surface area (TPSA) is 26.0 Å². The van der Waals surface area contributed by atoms with E-state index in [1.165, 1.54) is 12.5 Å². The highest BCUT2D eigenvalue weighted by molar-refractivity contribution is 5.38. The van der Waals surface area contributed by atoms with E-state index in [2.05, 4.69) is 19.9 Å². The fourth-order valence-electron chi connectivity index (χ4n) is 2.07. The van der Waals surface area contributed by atoms with Crippen molar-refractivity contribution in [3.05, 3.63) is 34.9 Å². The van der Waals surface area contributed by atoms with E-state index in [9.17, 15) is 4.39 Å². The van der Waals surface area contributed by atoms with E-state index in [0.717, 1.165) is 31.2 Å². The van der Waals surface area contributed by atoms with Crippen LogP contribution < -0.4 is 5.73 Å². The zero-order valence-electron chi connectivity index (χ0n) is 10.5. The molecule has 16 heavy (non-hydrogen) atoms. The summed E-state index contributed by atoms with van der Waals surface area (Å²) in [5.41, 5.74) is 8.57. The molecular weight excluding hydrogens is 201 g/mol. The molecule has 2 N–H and O–H groups in total. The lowest BCUT2D eigenvalue weighted by Crippen LogP contribution is -2.28. The van der Waals surface area contributed by atoms with Crippen LogP contribution in [0.1, 0.15) is 50.3 Å². The van der Waals surface area contributed by atoms with Crippen LogP contribution in [0.4, 0.5) is 4.39 Å². The van der Waals surface area contributed by atoms with Gasteiger partial charge in [-0.1, -0.05) is 38.5 Å². The third-order valence-electron chi connectivity index (χ3n) is 2.96. The van der Waals surface area contributed by atoms with Crippen LogP contribution in [0.3, 0.4) is 0 Å². The van der Waals surface area contributed by atoms with Gasteiger partial charge in [0.05, 0.1) is 0 Å². The predicted molar refractivity (Wildman–Crippen MR) is 67.1 cm³/mol. The Balaban J connectivity index is 3.15. The Morgan fingerprint density at radius 1 is 1.31 bits per heavy atom. The summed E-state index contributed by atoms with van der Waals surface area (Å²) < 4.78 is 13.9. The van der Waals surface area contributed by atoms with Crippen LogP contribution in [-0.2, 0) is 18.6 Å². The number of alkyl halides is 1. The van der Waals surface area contributed by atoms with Gasteiger partial charge < -0.3 is 0 Å². The van der Waals surface area contributed by atoms with Crippen molar-refractivity contribution in [2.24, 2.45) is 5.73 Å². The molecule has 1 atom stereocenters. The quantitative estimate of drug-likeness (QED) is 0.757. The number of benzene rings is 1. The first-order chi connectivity index (χ1) is 7.50. The Labute approximate surface area is 97.9 Å². The van der Waals surface area contributed by atoms with Gasteiger partial charge >= 0.3 is 0 Å². The first-order valence-corrected chi connectivity index (χ1v) is 6.09. The van der Waals surface area contributed by atoms with E-state index < -0.39 is 5.79 Å². The number of unbranched alkanes of at least 4 members (excludes halogenated alkanes) is 1. The van der Waals surface area contributed by atoms with E-state index in [1.54, 1.807) is 0 Å². The van der Waals surface area contributed by atoms with Crippen LogP contribution in [0.2, 0.25) is 0 Å². The molecule has 1 aromatic rings. The van der Waals surface area contributed by atoms with Gasteiger partial charge in [-0.25, -0.2) is 4.39 Å². The molecule has 0 amide bonds. The average Bonchev–Trinajstić information content (AvgIpc) is 2.24. The van der Waals surface area contributed by atoms with Crippen LogP contribution >= 0.6 is 0 Å². The summed E-state index contributed by atoms with van der Waals surface area (Å²) in [6, 6.07) is 5.78. The highest BCUT2D eigenvalue weighted by atomic mass is 19.1. The lowest BCUT2D eigenvalue weighted by atomic mass is 9.91. The van der Waals surface area contributed by atoms with Crippen molar-refractivity contribution in [2.75, 3.05) is 0 Å². The lowest BCUT2D eigenvalue weighted by molar-refractivity contribution is 0.201. The number of aryl methyl sites for hydroxylation is 1. The summed E-state index contributed by atoms with van der Waals surface area (Å²) in [6.07, 6.45) is 4.06. The zero-order chi connectivity index (χ0) is 12.2. The molecule has 0 radical (unpaired) electrons. The molecule has 0 aromatic heterocycles. The maximum atomic E-state index is 13.9. The molecule has 0 aliphatic heterocycles. The minimum absolute atomic E-state index is 0.653. The van der Waals surface area contributed by atoms with E-state index in [1.807, 2.05) is 12.1 Å². The molecule has 1 rings (SSSR count). The summed E-state index contributed by atoms with van der Waals surface area (Å²) >= 11 is 0. The Morgan fingerprint density at radius 3 is 2.50 bits per heavy atom. The molecule has 1 unspecified atom stereocenters. The minimum Gasteiger partial charge on any atom is -0.296 e. The molecule has 2 heteroatoms. The lowest BCUT2D eigenvalue weighted by Gasteiger charge is -2.21. The molecule has 90 valence electrons. The second kappa shape index (κ2) is 5.44. The number of halogens is 1. The maximum Gasteiger partial charge on any atom is 0.182 e. The Hall–Kier alpha value is -0.890. The van der Waals surface area contributed by atoms with Crippen molar-refractivity contribution in [2.45, 2.75) is 52.2 Å². The van der Waals surface area contributed by atoms with Crippen LogP contribution in [0.15, 0.2) is 18.2 Å². The third-order valence-corrected chi connectivity index (χ3v) is 2.96. The van der Waals surface area contributed by atoms with Gasteiger partial charge in [0, 0.05) is 5.56 Å².